The topological polar surface area (TPSA) is 61.8 Å². The third-order valence-corrected chi connectivity index (χ3v) is 3.86. The number of nitrogens with one attached hydrogen (secondary N) is 1. The van der Waals surface area contributed by atoms with E-state index in [-0.39, 0.29) is 24.7 Å². The van der Waals surface area contributed by atoms with Crippen LogP contribution in [0.5, 0.6) is 0 Å². The van der Waals surface area contributed by atoms with Gasteiger partial charge in [-0.05, 0) is 37.8 Å². The van der Waals surface area contributed by atoms with E-state index in [0.717, 1.165) is 37.2 Å². The summed E-state index contributed by atoms with van der Waals surface area (Å²) in [5, 5.41) is 3.96. The van der Waals surface area contributed by atoms with E-state index < -0.39 is 0 Å². The van der Waals surface area contributed by atoms with Crippen molar-refractivity contribution >= 4 is 23.2 Å². The highest BCUT2D eigenvalue weighted by Gasteiger charge is 2.22. The van der Waals surface area contributed by atoms with E-state index in [1.54, 1.807) is 4.90 Å². The number of amides is 2. The van der Waals surface area contributed by atoms with Crippen LogP contribution in [-0.2, 0) is 16.0 Å². The van der Waals surface area contributed by atoms with Gasteiger partial charge in [0.15, 0.2) is 0 Å². The minimum Gasteiger partial charge on any atom is -0.312 e. The Kier molecular flexibility index (Phi) is 5.69. The van der Waals surface area contributed by atoms with Crippen LogP contribution < -0.4 is 10.3 Å². The number of hydrogen-bond acceptors (Lipinski definition) is 3. The monoisotopic (exact) mass is 301 g/mol. The number of anilines is 1. The van der Waals surface area contributed by atoms with Crippen molar-refractivity contribution in [2.75, 3.05) is 11.4 Å². The number of para-hydroxylation sites is 1. The average Bonchev–Trinajstić information content (AvgIpc) is 2.56. The Hall–Kier alpha value is -2.17. The summed E-state index contributed by atoms with van der Waals surface area (Å²) < 4.78 is 0. The van der Waals surface area contributed by atoms with Gasteiger partial charge in [0.1, 0.15) is 0 Å². The molecule has 5 heteroatoms. The molecule has 0 saturated heterocycles. The normalized spacial score (nSPS) is 14.5. The highest BCUT2D eigenvalue weighted by Crippen LogP contribution is 2.27. The first kappa shape index (κ1) is 16.2. The van der Waals surface area contributed by atoms with Gasteiger partial charge in [0.25, 0.3) is 0 Å². The number of carbonyl (C=O) groups excluding carboxylic acids is 2. The quantitative estimate of drug-likeness (QED) is 0.671. The van der Waals surface area contributed by atoms with Crippen molar-refractivity contribution in [3.63, 3.8) is 0 Å². The van der Waals surface area contributed by atoms with Crippen LogP contribution in [0, 0.1) is 0 Å². The third-order valence-electron chi connectivity index (χ3n) is 3.86. The standard InChI is InChI=1S/C17H23N3O2/c1-3-13(2)18-19-16(21)10-11-17(22)20-12-6-8-14-7-4-5-9-15(14)20/h4-5,7,9H,3,6,8,10-12H2,1-2H3,(H,19,21)/b18-13-. The third kappa shape index (κ3) is 4.16. The second kappa shape index (κ2) is 7.73. The molecule has 1 aromatic rings. The van der Waals surface area contributed by atoms with E-state index in [9.17, 15) is 9.59 Å². The van der Waals surface area contributed by atoms with E-state index in [1.807, 2.05) is 32.0 Å². The molecule has 0 fully saturated rings. The van der Waals surface area contributed by atoms with Crippen molar-refractivity contribution in [2.45, 2.75) is 46.0 Å². The van der Waals surface area contributed by atoms with E-state index in [2.05, 4.69) is 16.6 Å². The summed E-state index contributed by atoms with van der Waals surface area (Å²) in [7, 11) is 0. The number of benzene rings is 1. The summed E-state index contributed by atoms with van der Waals surface area (Å²) in [4.78, 5) is 25.9. The van der Waals surface area contributed by atoms with Gasteiger partial charge in [-0.1, -0.05) is 25.1 Å². The molecule has 0 bridgehead atoms. The van der Waals surface area contributed by atoms with Gasteiger partial charge in [0.05, 0.1) is 0 Å². The molecule has 0 spiro atoms. The van der Waals surface area contributed by atoms with Crippen LogP contribution in [-0.4, -0.2) is 24.1 Å². The average molecular weight is 301 g/mol. The van der Waals surface area contributed by atoms with Crippen molar-refractivity contribution in [1.29, 1.82) is 0 Å². The summed E-state index contributed by atoms with van der Waals surface area (Å²) in [5.74, 6) is -0.218. The Morgan fingerprint density at radius 1 is 1.27 bits per heavy atom. The lowest BCUT2D eigenvalue weighted by atomic mass is 10.0. The molecular formula is C17H23N3O2. The van der Waals surface area contributed by atoms with Gasteiger partial charge in [-0.15, -0.1) is 0 Å². The molecule has 2 rings (SSSR count). The molecule has 1 N–H and O–H groups in total. The van der Waals surface area contributed by atoms with Crippen LogP contribution in [0.4, 0.5) is 5.69 Å². The molecule has 0 radical (unpaired) electrons. The van der Waals surface area contributed by atoms with Crippen molar-refractivity contribution in [2.24, 2.45) is 5.10 Å². The predicted molar refractivity (Wildman–Crippen MR) is 87.9 cm³/mol. The van der Waals surface area contributed by atoms with Gasteiger partial charge in [-0.3, -0.25) is 9.59 Å². The van der Waals surface area contributed by atoms with Gasteiger partial charge in [0, 0.05) is 30.8 Å². The van der Waals surface area contributed by atoms with Crippen molar-refractivity contribution in [3.05, 3.63) is 29.8 Å². The molecule has 22 heavy (non-hydrogen) atoms. The summed E-state index contributed by atoms with van der Waals surface area (Å²) in [5.41, 5.74) is 5.54. The predicted octanol–water partition coefficient (Wildman–Crippen LogP) is 2.65. The van der Waals surface area contributed by atoms with Gasteiger partial charge in [0.2, 0.25) is 11.8 Å². The molecule has 2 amide bonds. The van der Waals surface area contributed by atoms with E-state index in [4.69, 9.17) is 0 Å². The Balaban J connectivity index is 1.90. The fourth-order valence-corrected chi connectivity index (χ4v) is 2.44. The van der Waals surface area contributed by atoms with Crippen molar-refractivity contribution in [1.82, 2.24) is 5.43 Å². The summed E-state index contributed by atoms with van der Waals surface area (Å²) in [6.45, 7) is 4.56. The van der Waals surface area contributed by atoms with Crippen LogP contribution in [0.1, 0.15) is 45.1 Å². The second-order valence-electron chi connectivity index (χ2n) is 5.51. The lowest BCUT2D eigenvalue weighted by Crippen LogP contribution is -2.36. The Morgan fingerprint density at radius 2 is 2.05 bits per heavy atom. The molecule has 0 saturated carbocycles. The van der Waals surface area contributed by atoms with Crippen LogP contribution in [0.2, 0.25) is 0 Å². The van der Waals surface area contributed by atoms with E-state index in [0.29, 0.717) is 0 Å². The molecule has 0 aliphatic carbocycles. The van der Waals surface area contributed by atoms with Crippen LogP contribution in [0.3, 0.4) is 0 Å². The van der Waals surface area contributed by atoms with Gasteiger partial charge in [-0.2, -0.15) is 5.10 Å². The maximum Gasteiger partial charge on any atom is 0.240 e. The zero-order valence-corrected chi connectivity index (χ0v) is 13.3. The number of fused-ring (bicyclic) bond motifs is 1. The molecule has 1 aromatic carbocycles. The largest absolute Gasteiger partial charge is 0.312 e. The maximum atomic E-state index is 12.4. The van der Waals surface area contributed by atoms with E-state index in [1.165, 1.54) is 5.56 Å². The van der Waals surface area contributed by atoms with Gasteiger partial charge in [-0.25, -0.2) is 5.43 Å². The van der Waals surface area contributed by atoms with E-state index >= 15 is 0 Å². The molecule has 1 aliphatic heterocycles. The van der Waals surface area contributed by atoms with Gasteiger partial charge >= 0.3 is 0 Å². The first-order chi connectivity index (χ1) is 10.6. The number of carbonyl (C=O) groups is 2. The minimum absolute atomic E-state index is 0.00140. The molecular weight excluding hydrogens is 278 g/mol. The maximum absolute atomic E-state index is 12.4. The van der Waals surface area contributed by atoms with Gasteiger partial charge < -0.3 is 4.90 Å². The highest BCUT2D eigenvalue weighted by atomic mass is 16.2. The SMILES string of the molecule is CC/C(C)=N\NC(=O)CCC(=O)N1CCCc2ccccc21. The first-order valence-electron chi connectivity index (χ1n) is 7.82. The zero-order valence-electron chi connectivity index (χ0n) is 13.3. The number of aryl methyl sites for hydroxylation is 1. The summed E-state index contributed by atoms with van der Waals surface area (Å²) in [6.07, 6.45) is 3.14. The molecule has 0 unspecified atom stereocenters. The number of nitrogens with zero attached hydrogens (tertiary/aromatic N) is 2. The molecule has 0 aromatic heterocycles. The van der Waals surface area contributed by atoms with Crippen molar-refractivity contribution < 1.29 is 9.59 Å². The minimum atomic E-state index is -0.216. The fraction of sp³-hybridized carbons (Fsp3) is 0.471. The number of hydrazone groups is 1. The van der Waals surface area contributed by atoms with Crippen LogP contribution >= 0.6 is 0 Å². The molecule has 1 aliphatic rings. The fourth-order valence-electron chi connectivity index (χ4n) is 2.44. The molecule has 5 nitrogen and oxygen atoms in total. The lowest BCUT2D eigenvalue weighted by Gasteiger charge is -2.29. The second-order valence-corrected chi connectivity index (χ2v) is 5.51. The Bertz CT molecular complexity index is 581. The van der Waals surface area contributed by atoms with Crippen molar-refractivity contribution in [3.8, 4) is 0 Å². The highest BCUT2D eigenvalue weighted by molar-refractivity contribution is 5.96. The van der Waals surface area contributed by atoms with Crippen LogP contribution in [0.25, 0.3) is 0 Å². The Morgan fingerprint density at radius 3 is 2.82 bits per heavy atom. The zero-order chi connectivity index (χ0) is 15.9. The Labute approximate surface area is 131 Å². The summed E-state index contributed by atoms with van der Waals surface area (Å²) in [6, 6.07) is 7.97. The number of hydrogen-bond donors (Lipinski definition) is 1. The lowest BCUT2D eigenvalue weighted by molar-refractivity contribution is -0.125. The summed E-state index contributed by atoms with van der Waals surface area (Å²) >= 11 is 0. The molecule has 0 atom stereocenters. The van der Waals surface area contributed by atoms with Crippen LogP contribution in [0.15, 0.2) is 29.4 Å². The molecule has 118 valence electrons. The number of rotatable bonds is 5. The smallest absolute Gasteiger partial charge is 0.240 e. The first-order valence-corrected chi connectivity index (χ1v) is 7.82. The molecule has 1 heterocycles.